The third-order valence-electron chi connectivity index (χ3n) is 4.89. The molecule has 0 aliphatic carbocycles. The van der Waals surface area contributed by atoms with Gasteiger partial charge in [-0.3, -0.25) is 10.00 Å². The summed E-state index contributed by atoms with van der Waals surface area (Å²) in [6.07, 6.45) is 1.55. The van der Waals surface area contributed by atoms with Gasteiger partial charge in [0.15, 0.2) is 5.65 Å². The molecule has 140 valence electrons. The van der Waals surface area contributed by atoms with Crippen LogP contribution in [0.2, 0.25) is 0 Å². The lowest BCUT2D eigenvalue weighted by Gasteiger charge is -2.35. The Balaban J connectivity index is 1.44. The average Bonchev–Trinajstić information content (AvgIpc) is 3.04. The van der Waals surface area contributed by atoms with Gasteiger partial charge in [0.25, 0.3) is 0 Å². The topological polar surface area (TPSA) is 98.2 Å². The molecule has 0 atom stereocenters. The van der Waals surface area contributed by atoms with Crippen molar-refractivity contribution in [3.63, 3.8) is 0 Å². The monoisotopic (exact) mass is 430 g/mol. The van der Waals surface area contributed by atoms with Crippen LogP contribution in [0, 0.1) is 6.92 Å². The van der Waals surface area contributed by atoms with Crippen molar-refractivity contribution in [3.8, 4) is 0 Å². The lowest BCUT2D eigenvalue weighted by atomic mass is 10.0. The van der Waals surface area contributed by atoms with Gasteiger partial charge in [-0.05, 0) is 40.0 Å². The number of rotatable bonds is 4. The van der Waals surface area contributed by atoms with Crippen LogP contribution in [0.3, 0.4) is 0 Å². The second-order valence-corrected chi connectivity index (χ2v) is 7.44. The van der Waals surface area contributed by atoms with Gasteiger partial charge in [-0.15, -0.1) is 0 Å². The van der Waals surface area contributed by atoms with E-state index in [4.69, 9.17) is 5.11 Å². The Kier molecular flexibility index (Phi) is 4.79. The first-order chi connectivity index (χ1) is 13.0. The molecular formula is C18H19BrN6O2. The summed E-state index contributed by atoms with van der Waals surface area (Å²) in [5.41, 5.74) is 2.95. The second-order valence-electron chi connectivity index (χ2n) is 6.65. The van der Waals surface area contributed by atoms with E-state index in [-0.39, 0.29) is 0 Å². The number of H-pyrrole nitrogens is 1. The van der Waals surface area contributed by atoms with E-state index in [9.17, 15) is 4.79 Å². The molecule has 8 nitrogen and oxygen atoms in total. The number of fused-ring (bicyclic) bond motifs is 1. The SMILES string of the molecule is Cc1cc(CN2CCN(c3ncnc4n[nH]c(Br)c34)CC2)ccc1C(=O)O. The van der Waals surface area contributed by atoms with Gasteiger partial charge >= 0.3 is 5.97 Å². The Labute approximate surface area is 164 Å². The molecule has 0 unspecified atom stereocenters. The summed E-state index contributed by atoms with van der Waals surface area (Å²) in [7, 11) is 0. The molecule has 9 heteroatoms. The van der Waals surface area contributed by atoms with Gasteiger partial charge in [0.05, 0.1) is 10.9 Å². The van der Waals surface area contributed by atoms with Crippen molar-refractivity contribution in [1.82, 2.24) is 25.1 Å². The van der Waals surface area contributed by atoms with Crippen molar-refractivity contribution in [2.24, 2.45) is 0 Å². The average molecular weight is 431 g/mol. The highest BCUT2D eigenvalue weighted by atomic mass is 79.9. The molecule has 2 N–H and O–H groups in total. The van der Waals surface area contributed by atoms with E-state index >= 15 is 0 Å². The summed E-state index contributed by atoms with van der Waals surface area (Å²) in [6, 6.07) is 5.56. The van der Waals surface area contributed by atoms with Crippen LogP contribution in [0.5, 0.6) is 0 Å². The number of hydrogen-bond acceptors (Lipinski definition) is 6. The number of nitrogens with one attached hydrogen (secondary N) is 1. The minimum atomic E-state index is -0.880. The predicted octanol–water partition coefficient (Wildman–Crippen LogP) is 2.44. The molecule has 27 heavy (non-hydrogen) atoms. The van der Waals surface area contributed by atoms with E-state index in [1.807, 2.05) is 19.1 Å². The van der Waals surface area contributed by atoms with Crippen LogP contribution in [0.15, 0.2) is 29.1 Å². The number of nitrogens with zero attached hydrogens (tertiary/aromatic N) is 5. The van der Waals surface area contributed by atoms with Crippen molar-refractivity contribution >= 4 is 38.8 Å². The molecule has 0 radical (unpaired) electrons. The Morgan fingerprint density at radius 3 is 2.74 bits per heavy atom. The minimum Gasteiger partial charge on any atom is -0.478 e. The van der Waals surface area contributed by atoms with Crippen LogP contribution in [-0.2, 0) is 6.54 Å². The van der Waals surface area contributed by atoms with Gasteiger partial charge in [-0.2, -0.15) is 5.10 Å². The number of hydrogen-bond donors (Lipinski definition) is 2. The summed E-state index contributed by atoms with van der Waals surface area (Å²) < 4.78 is 0.796. The lowest BCUT2D eigenvalue weighted by molar-refractivity contribution is 0.0696. The van der Waals surface area contributed by atoms with Gasteiger partial charge in [0.1, 0.15) is 16.7 Å². The number of carboxylic acids is 1. The summed E-state index contributed by atoms with van der Waals surface area (Å²) in [5.74, 6) is 0.0103. The van der Waals surface area contributed by atoms with E-state index < -0.39 is 5.97 Å². The van der Waals surface area contributed by atoms with E-state index in [1.54, 1.807) is 12.4 Å². The molecule has 1 fully saturated rings. The first kappa shape index (κ1) is 17.9. The molecule has 2 aromatic heterocycles. The Bertz CT molecular complexity index is 997. The maximum Gasteiger partial charge on any atom is 0.335 e. The maximum absolute atomic E-state index is 11.2. The van der Waals surface area contributed by atoms with E-state index in [0.29, 0.717) is 11.2 Å². The van der Waals surface area contributed by atoms with E-state index in [2.05, 4.69) is 45.9 Å². The number of aromatic amines is 1. The minimum absolute atomic E-state index is 0.363. The Morgan fingerprint density at radius 2 is 2.04 bits per heavy atom. The number of piperazine rings is 1. The molecule has 0 amide bonds. The highest BCUT2D eigenvalue weighted by molar-refractivity contribution is 9.10. The fraction of sp³-hybridized carbons (Fsp3) is 0.333. The fourth-order valence-electron chi connectivity index (χ4n) is 3.49. The van der Waals surface area contributed by atoms with Crippen LogP contribution in [0.25, 0.3) is 11.0 Å². The molecule has 1 aliphatic heterocycles. The summed E-state index contributed by atoms with van der Waals surface area (Å²) in [5, 5.41) is 17.1. The molecule has 1 saturated heterocycles. The molecule has 4 rings (SSSR count). The number of carboxylic acid groups (broad SMARTS) is 1. The van der Waals surface area contributed by atoms with Crippen LogP contribution in [0.4, 0.5) is 5.82 Å². The number of aromatic carboxylic acids is 1. The second kappa shape index (κ2) is 7.24. The van der Waals surface area contributed by atoms with Gasteiger partial charge in [0, 0.05) is 32.7 Å². The van der Waals surface area contributed by atoms with Crippen molar-refractivity contribution in [2.45, 2.75) is 13.5 Å². The Hall–Kier alpha value is -2.52. The normalized spacial score (nSPS) is 15.4. The third kappa shape index (κ3) is 3.52. The molecular weight excluding hydrogens is 412 g/mol. The summed E-state index contributed by atoms with van der Waals surface area (Å²) in [4.78, 5) is 24.4. The van der Waals surface area contributed by atoms with Crippen LogP contribution < -0.4 is 4.90 Å². The zero-order chi connectivity index (χ0) is 19.0. The highest BCUT2D eigenvalue weighted by Crippen LogP contribution is 2.28. The first-order valence-corrected chi connectivity index (χ1v) is 9.47. The standard InChI is InChI=1S/C18H19BrN6O2/c1-11-8-12(2-3-13(11)18(26)27)9-24-4-6-25(7-5-24)17-14-15(19)22-23-16(14)20-10-21-17/h2-3,8,10H,4-7,9H2,1H3,(H,26,27)(H,20,21,22,23). The number of carbonyl (C=O) groups is 1. The van der Waals surface area contributed by atoms with E-state index in [0.717, 1.165) is 59.7 Å². The van der Waals surface area contributed by atoms with E-state index in [1.165, 1.54) is 0 Å². The lowest BCUT2D eigenvalue weighted by Crippen LogP contribution is -2.46. The largest absolute Gasteiger partial charge is 0.478 e. The third-order valence-corrected chi connectivity index (χ3v) is 5.46. The van der Waals surface area contributed by atoms with Crippen LogP contribution >= 0.6 is 15.9 Å². The summed E-state index contributed by atoms with van der Waals surface area (Å²) >= 11 is 3.49. The van der Waals surface area contributed by atoms with Gasteiger partial charge in [0.2, 0.25) is 0 Å². The molecule has 3 heterocycles. The van der Waals surface area contributed by atoms with Gasteiger partial charge in [-0.25, -0.2) is 14.8 Å². The smallest absolute Gasteiger partial charge is 0.335 e. The maximum atomic E-state index is 11.2. The number of aromatic nitrogens is 4. The van der Waals surface area contributed by atoms with Crippen molar-refractivity contribution in [1.29, 1.82) is 0 Å². The molecule has 1 aromatic carbocycles. The molecule has 1 aliphatic rings. The van der Waals surface area contributed by atoms with Gasteiger partial charge in [-0.1, -0.05) is 12.1 Å². The predicted molar refractivity (Wildman–Crippen MR) is 105 cm³/mol. The zero-order valence-electron chi connectivity index (χ0n) is 14.8. The first-order valence-electron chi connectivity index (χ1n) is 8.67. The van der Waals surface area contributed by atoms with Crippen LogP contribution in [-0.4, -0.2) is 62.3 Å². The van der Waals surface area contributed by atoms with Gasteiger partial charge < -0.3 is 10.0 Å². The van der Waals surface area contributed by atoms with Crippen LogP contribution in [0.1, 0.15) is 21.5 Å². The van der Waals surface area contributed by atoms with Crippen molar-refractivity contribution < 1.29 is 9.90 Å². The molecule has 0 saturated carbocycles. The summed E-state index contributed by atoms with van der Waals surface area (Å²) in [6.45, 7) is 6.17. The number of aryl methyl sites for hydroxylation is 1. The quantitative estimate of drug-likeness (QED) is 0.655. The van der Waals surface area contributed by atoms with Crippen molar-refractivity contribution in [2.75, 3.05) is 31.1 Å². The number of benzene rings is 1. The molecule has 3 aromatic rings. The van der Waals surface area contributed by atoms with Crippen molar-refractivity contribution in [3.05, 3.63) is 45.8 Å². The molecule has 0 bridgehead atoms. The molecule has 0 spiro atoms. The number of anilines is 1. The fourth-order valence-corrected chi connectivity index (χ4v) is 3.93. The Morgan fingerprint density at radius 1 is 1.26 bits per heavy atom. The zero-order valence-corrected chi connectivity index (χ0v) is 16.4. The number of halogens is 1. The highest BCUT2D eigenvalue weighted by Gasteiger charge is 2.22.